The first-order valence-corrected chi connectivity index (χ1v) is 7.43. The third-order valence-corrected chi connectivity index (χ3v) is 4.00. The van der Waals surface area contributed by atoms with Crippen molar-refractivity contribution in [2.75, 3.05) is 13.1 Å². The largest absolute Gasteiger partial charge is 0.353 e. The van der Waals surface area contributed by atoms with Crippen LogP contribution in [0.2, 0.25) is 0 Å². The molecular weight excluding hydrogens is 272 g/mol. The Bertz CT molecular complexity index is 450. The summed E-state index contributed by atoms with van der Waals surface area (Å²) in [7, 11) is 0. The second kappa shape index (κ2) is 5.63. The molecule has 1 aliphatic carbocycles. The summed E-state index contributed by atoms with van der Waals surface area (Å²) in [5, 5.41) is 5.42. The maximum atomic E-state index is 12.5. The SMILES string of the molecule is CC(C)(N)CNC(=O)CN1C(=O)NC2(CCCCC2)C1=O. The molecular formula is C14H24N4O3. The number of imide groups is 1. The van der Waals surface area contributed by atoms with E-state index in [9.17, 15) is 14.4 Å². The van der Waals surface area contributed by atoms with E-state index in [4.69, 9.17) is 5.73 Å². The monoisotopic (exact) mass is 296 g/mol. The van der Waals surface area contributed by atoms with Gasteiger partial charge in [0, 0.05) is 12.1 Å². The Balaban J connectivity index is 1.96. The number of amides is 4. The highest BCUT2D eigenvalue weighted by Gasteiger charge is 2.51. The van der Waals surface area contributed by atoms with Crippen LogP contribution in [0.5, 0.6) is 0 Å². The normalized spacial score (nSPS) is 21.6. The van der Waals surface area contributed by atoms with Crippen molar-refractivity contribution in [3.05, 3.63) is 0 Å². The van der Waals surface area contributed by atoms with Gasteiger partial charge < -0.3 is 16.4 Å². The van der Waals surface area contributed by atoms with Gasteiger partial charge in [0.1, 0.15) is 12.1 Å². The summed E-state index contributed by atoms with van der Waals surface area (Å²) in [5.41, 5.74) is 4.48. The molecule has 7 nitrogen and oxygen atoms in total. The molecule has 1 spiro atoms. The van der Waals surface area contributed by atoms with Crippen molar-refractivity contribution in [1.29, 1.82) is 0 Å². The molecule has 1 saturated heterocycles. The number of carbonyl (C=O) groups excluding carboxylic acids is 3. The molecule has 0 aromatic heterocycles. The van der Waals surface area contributed by atoms with Gasteiger partial charge in [0.25, 0.3) is 5.91 Å². The molecule has 1 aliphatic heterocycles. The van der Waals surface area contributed by atoms with E-state index in [1.165, 1.54) is 0 Å². The summed E-state index contributed by atoms with van der Waals surface area (Å²) >= 11 is 0. The van der Waals surface area contributed by atoms with Crippen LogP contribution < -0.4 is 16.4 Å². The van der Waals surface area contributed by atoms with Crippen molar-refractivity contribution in [3.8, 4) is 0 Å². The molecule has 2 rings (SSSR count). The zero-order chi connectivity index (χ0) is 15.7. The Morgan fingerprint density at radius 1 is 1.33 bits per heavy atom. The fraction of sp³-hybridized carbons (Fsp3) is 0.786. The summed E-state index contributed by atoms with van der Waals surface area (Å²) < 4.78 is 0. The summed E-state index contributed by atoms with van der Waals surface area (Å²) in [5.74, 6) is -0.640. The van der Waals surface area contributed by atoms with Crippen LogP contribution in [-0.4, -0.2) is 46.9 Å². The predicted octanol–water partition coefficient (Wildman–Crippen LogP) is 0.0946. The summed E-state index contributed by atoms with van der Waals surface area (Å²) in [6, 6.07) is -0.468. The lowest BCUT2D eigenvalue weighted by Gasteiger charge is -2.30. The molecule has 1 heterocycles. The van der Waals surface area contributed by atoms with Gasteiger partial charge in [-0.25, -0.2) is 4.79 Å². The van der Waals surface area contributed by atoms with Crippen LogP contribution in [0.4, 0.5) is 4.79 Å². The maximum Gasteiger partial charge on any atom is 0.325 e. The lowest BCUT2D eigenvalue weighted by Crippen LogP contribution is -2.50. The van der Waals surface area contributed by atoms with Crippen LogP contribution in [-0.2, 0) is 9.59 Å². The van der Waals surface area contributed by atoms with E-state index in [1.54, 1.807) is 13.8 Å². The molecule has 2 fully saturated rings. The standard InChI is InChI=1S/C14H24N4O3/c1-13(2,15)9-16-10(19)8-18-11(20)14(17-12(18)21)6-4-3-5-7-14/h3-9,15H2,1-2H3,(H,16,19)(H,17,21). The smallest absolute Gasteiger partial charge is 0.325 e. The molecule has 21 heavy (non-hydrogen) atoms. The van der Waals surface area contributed by atoms with Gasteiger partial charge in [0.05, 0.1) is 0 Å². The summed E-state index contributed by atoms with van der Waals surface area (Å²) in [6.45, 7) is 3.62. The van der Waals surface area contributed by atoms with Crippen molar-refractivity contribution in [1.82, 2.24) is 15.5 Å². The van der Waals surface area contributed by atoms with Crippen molar-refractivity contribution in [2.45, 2.75) is 57.0 Å². The van der Waals surface area contributed by atoms with Gasteiger partial charge in [0.2, 0.25) is 5.91 Å². The van der Waals surface area contributed by atoms with Crippen LogP contribution in [0.15, 0.2) is 0 Å². The number of nitrogens with zero attached hydrogens (tertiary/aromatic N) is 1. The summed E-state index contributed by atoms with van der Waals surface area (Å²) in [4.78, 5) is 37.3. The molecule has 1 saturated carbocycles. The number of urea groups is 1. The third kappa shape index (κ3) is 3.53. The van der Waals surface area contributed by atoms with Crippen LogP contribution in [0.1, 0.15) is 46.0 Å². The minimum atomic E-state index is -0.775. The zero-order valence-corrected chi connectivity index (χ0v) is 12.7. The van der Waals surface area contributed by atoms with Gasteiger partial charge in [0.15, 0.2) is 0 Å². The fourth-order valence-corrected chi connectivity index (χ4v) is 2.84. The Morgan fingerprint density at radius 3 is 2.52 bits per heavy atom. The molecule has 0 bridgehead atoms. The Kier molecular flexibility index (Phi) is 4.22. The fourth-order valence-electron chi connectivity index (χ4n) is 2.84. The second-order valence-corrected chi connectivity index (χ2v) is 6.73. The minimum Gasteiger partial charge on any atom is -0.353 e. The number of carbonyl (C=O) groups is 3. The average Bonchev–Trinajstić information content (AvgIpc) is 2.61. The van der Waals surface area contributed by atoms with Crippen LogP contribution in [0.25, 0.3) is 0 Å². The van der Waals surface area contributed by atoms with E-state index in [0.29, 0.717) is 19.4 Å². The molecule has 118 valence electrons. The number of rotatable bonds is 4. The van der Waals surface area contributed by atoms with Crippen LogP contribution in [0, 0.1) is 0 Å². The summed E-state index contributed by atoms with van der Waals surface area (Å²) in [6.07, 6.45) is 4.24. The van der Waals surface area contributed by atoms with Crippen molar-refractivity contribution < 1.29 is 14.4 Å². The number of hydrogen-bond acceptors (Lipinski definition) is 4. The highest BCUT2D eigenvalue weighted by atomic mass is 16.2. The van der Waals surface area contributed by atoms with E-state index in [1.807, 2.05) is 0 Å². The molecule has 0 radical (unpaired) electrons. The van der Waals surface area contributed by atoms with E-state index in [0.717, 1.165) is 24.2 Å². The molecule has 0 atom stereocenters. The van der Waals surface area contributed by atoms with E-state index >= 15 is 0 Å². The first kappa shape index (κ1) is 15.8. The number of hydrogen-bond donors (Lipinski definition) is 3. The van der Waals surface area contributed by atoms with Gasteiger partial charge in [-0.2, -0.15) is 0 Å². The van der Waals surface area contributed by atoms with Gasteiger partial charge >= 0.3 is 6.03 Å². The van der Waals surface area contributed by atoms with Crippen molar-refractivity contribution >= 4 is 17.8 Å². The van der Waals surface area contributed by atoms with E-state index in [-0.39, 0.29) is 18.4 Å². The average molecular weight is 296 g/mol. The quantitative estimate of drug-likeness (QED) is 0.640. The van der Waals surface area contributed by atoms with Gasteiger partial charge in [-0.3, -0.25) is 14.5 Å². The first-order valence-electron chi connectivity index (χ1n) is 7.43. The topological polar surface area (TPSA) is 105 Å². The van der Waals surface area contributed by atoms with E-state index in [2.05, 4.69) is 10.6 Å². The predicted molar refractivity (Wildman–Crippen MR) is 77.3 cm³/mol. The third-order valence-electron chi connectivity index (χ3n) is 4.00. The number of nitrogens with one attached hydrogen (secondary N) is 2. The molecule has 7 heteroatoms. The Labute approximate surface area is 124 Å². The Hall–Kier alpha value is -1.63. The lowest BCUT2D eigenvalue weighted by atomic mass is 9.82. The van der Waals surface area contributed by atoms with E-state index < -0.39 is 17.1 Å². The highest BCUT2D eigenvalue weighted by Crippen LogP contribution is 2.33. The van der Waals surface area contributed by atoms with Gasteiger partial charge in [-0.05, 0) is 26.7 Å². The van der Waals surface area contributed by atoms with Crippen LogP contribution in [0.3, 0.4) is 0 Å². The highest BCUT2D eigenvalue weighted by molar-refractivity contribution is 6.09. The lowest BCUT2D eigenvalue weighted by molar-refractivity contribution is -0.135. The van der Waals surface area contributed by atoms with Crippen LogP contribution >= 0.6 is 0 Å². The maximum absolute atomic E-state index is 12.5. The molecule has 0 unspecified atom stereocenters. The minimum absolute atomic E-state index is 0.248. The van der Waals surface area contributed by atoms with Crippen molar-refractivity contribution in [2.24, 2.45) is 5.73 Å². The van der Waals surface area contributed by atoms with Crippen molar-refractivity contribution in [3.63, 3.8) is 0 Å². The molecule has 4 amide bonds. The molecule has 4 N–H and O–H groups in total. The first-order chi connectivity index (χ1) is 9.73. The molecule has 0 aromatic rings. The zero-order valence-electron chi connectivity index (χ0n) is 12.7. The van der Waals surface area contributed by atoms with Gasteiger partial charge in [-0.15, -0.1) is 0 Å². The Morgan fingerprint density at radius 2 is 1.95 bits per heavy atom. The molecule has 2 aliphatic rings. The number of nitrogens with two attached hydrogens (primary N) is 1. The second-order valence-electron chi connectivity index (χ2n) is 6.73. The molecule has 0 aromatic carbocycles. The van der Waals surface area contributed by atoms with Gasteiger partial charge in [-0.1, -0.05) is 19.3 Å².